The first-order valence-corrected chi connectivity index (χ1v) is 51.1. The number of aliphatic carboxylic acids is 3. The van der Waals surface area contributed by atoms with Gasteiger partial charge < -0.3 is 119 Å². The maximum Gasteiger partial charge on any atom is 0.369 e. The van der Waals surface area contributed by atoms with Crippen molar-refractivity contribution in [2.45, 2.75) is 378 Å². The second kappa shape index (κ2) is 61.0. The summed E-state index contributed by atoms with van der Waals surface area (Å²) >= 11 is 0. The number of hydrogen-bond donors (Lipinski definition) is 17. The van der Waals surface area contributed by atoms with E-state index >= 15 is 0 Å². The summed E-state index contributed by atoms with van der Waals surface area (Å²) in [6, 6.07) is 0. The van der Waals surface area contributed by atoms with Crippen LogP contribution in [-0.4, -0.2) is 297 Å². The number of imide groups is 3. The van der Waals surface area contributed by atoms with Crippen LogP contribution in [0.1, 0.15) is 317 Å². The number of hydrogen-bond acceptors (Lipinski definition) is 41. The van der Waals surface area contributed by atoms with Crippen LogP contribution in [0.5, 0.6) is 0 Å². The van der Waals surface area contributed by atoms with E-state index in [4.69, 9.17) is 68.4 Å². The molecule has 0 radical (unpaired) electrons. The van der Waals surface area contributed by atoms with E-state index in [1.54, 1.807) is 62.3 Å². The standard InChI is InChI=1S/C22H24N4O14.C22H39NO8.C20H42N4O20P4.C10H15NO8.C7H12O2.2CH4/c27-13-1-2-14(28)23(13)38-19(33)7-10-22(26(36)37,11-8-20(34)39-24-15(29)3-4-16(24)30)12-9-21(35)40-25-17(31)5-6-18(25)32;1-19(2,3)29-16(24)10-13-22(23(27)28,14-11-17(25)30-20(4,5)6)15-12-18(26)31-21(7,8)9;1-17(28,45(33,34)35)9-11-21-14(25)3-6-19(24(31)32,8-5-16(27)23-13-18(2,29)46(36,37)38)7-4-15(26)22-12-10-20(30,47(39,40)41)48(42,43)44;12-7(13)1-4-10(11(18)19,5-2-8(14)15)6-3-9(16)17;1-5-6(8)9-7(2,3)4;;/h1-12H2;10-15H2,1-9H3;28-30H,3-13H2,1-2H3,(H,21,25)(H,22,26)(H,23,27)(H2,33,34,35)(H2,36,37,38)(H2,39,40,41)(H2,42,43,44);1-6H2,(H,12,13)(H,14,15)(H,16,17);5H,1H2,2-4H3;2*1H4. The van der Waals surface area contributed by atoms with E-state index in [1.165, 1.54) is 0 Å². The van der Waals surface area contributed by atoms with Gasteiger partial charge >= 0.3 is 90.1 Å². The minimum atomic E-state index is -5.85. The van der Waals surface area contributed by atoms with Crippen molar-refractivity contribution >= 4 is 143 Å². The SMILES string of the molecule is C.C.C=CC(=O)OC(C)(C)C.CC(C)(C)OC(=O)CCC(CCC(=O)OC(C)(C)C)(CCC(=O)OC(C)(C)C)[N+](=O)[O-].CC(O)(CCNC(=O)CCC(CCC(=O)NCCC(O)(P(=O)(O)O)P(=O)(O)O)(CCC(=O)NCC(C)(O)P(=O)(O)O)[N+](=O)[O-])P(=O)(O)O.O=C(CCC(CCC(=O)ON1C(=O)CCC1=O)(CCC(=O)ON1C(=O)CCC1=O)[N+](=O)[O-])ON1C(=O)CCC1=O.O=C(O)CCC(CCC(=O)O)(CCC(=O)O)[N+](=O)[O-]. The Balaban J connectivity index is -0.000000943. The summed E-state index contributed by atoms with van der Waals surface area (Å²) in [5, 5.41) is 101. The molecule has 0 aromatic rings. The zero-order valence-electron chi connectivity index (χ0n) is 83.2. The number of nitro groups is 4. The van der Waals surface area contributed by atoms with Gasteiger partial charge in [-0.25, -0.2) is 19.2 Å². The average Bonchev–Trinajstić information content (AvgIpc) is 0.826. The molecule has 62 nitrogen and oxygen atoms in total. The fraction of sp³-hybridized carbons (Fsp3) is 0.747. The summed E-state index contributed by atoms with van der Waals surface area (Å²) in [5.74, 6) is -17.1. The van der Waals surface area contributed by atoms with Crippen LogP contribution in [0.25, 0.3) is 0 Å². The number of carboxylic acid groups (broad SMARTS) is 3. The second-order valence-electron chi connectivity index (χ2n) is 38.1. The number of carbonyl (C=O) groups excluding carboxylic acids is 16. The monoisotopic (exact) mass is 2230 g/mol. The molecule has 3 aliphatic rings. The maximum atomic E-state index is 12.4. The fourth-order valence-electron chi connectivity index (χ4n) is 12.6. The molecule has 3 atom stereocenters. The summed E-state index contributed by atoms with van der Waals surface area (Å²) < 4.78 is 66.2. The van der Waals surface area contributed by atoms with Gasteiger partial charge in [0.1, 0.15) is 22.4 Å². The minimum absolute atomic E-state index is 0. The number of carboxylic acids is 3. The van der Waals surface area contributed by atoms with E-state index in [-0.39, 0.29) is 113 Å². The van der Waals surface area contributed by atoms with Crippen molar-refractivity contribution in [3.8, 4) is 0 Å². The molecular formula is C83H140N10O52P4. The number of esters is 4. The number of hydroxylamine groups is 6. The van der Waals surface area contributed by atoms with Gasteiger partial charge in [-0.05, 0) is 96.9 Å². The highest BCUT2D eigenvalue weighted by atomic mass is 31.2. The Morgan fingerprint density at radius 1 is 0.322 bits per heavy atom. The summed E-state index contributed by atoms with van der Waals surface area (Å²) in [5.41, 5.74) is -10.5. The van der Waals surface area contributed by atoms with E-state index < -0.39 is 365 Å². The van der Waals surface area contributed by atoms with Crippen LogP contribution in [0.4, 0.5) is 0 Å². The number of ether oxygens (including phenoxy) is 4. The van der Waals surface area contributed by atoms with Crippen LogP contribution in [-0.2, 0) is 143 Å². The van der Waals surface area contributed by atoms with Gasteiger partial charge in [-0.1, -0.05) is 21.4 Å². The molecular weight excluding hydrogens is 2090 g/mol. The highest BCUT2D eigenvalue weighted by Gasteiger charge is 2.59. The second-order valence-corrected chi connectivity index (χ2v) is 46.2. The largest absolute Gasteiger partial charge is 0.481 e. The molecule has 3 fully saturated rings. The molecule has 854 valence electrons. The van der Waals surface area contributed by atoms with Crippen LogP contribution >= 0.6 is 30.4 Å². The Hall–Kier alpha value is -11.6. The predicted molar refractivity (Wildman–Crippen MR) is 504 cm³/mol. The number of rotatable bonds is 56. The maximum absolute atomic E-state index is 12.4. The van der Waals surface area contributed by atoms with E-state index in [9.17, 15) is 185 Å². The summed E-state index contributed by atoms with van der Waals surface area (Å²) in [6.45, 7) is 23.2. The van der Waals surface area contributed by atoms with Crippen molar-refractivity contribution in [3.63, 3.8) is 0 Å². The lowest BCUT2D eigenvalue weighted by molar-refractivity contribution is -0.573. The molecule has 0 bridgehead atoms. The zero-order valence-corrected chi connectivity index (χ0v) is 86.8. The molecule has 3 heterocycles. The molecule has 0 aromatic carbocycles. The third-order valence-corrected chi connectivity index (χ3v) is 27.9. The van der Waals surface area contributed by atoms with E-state index in [1.807, 2.05) is 31.4 Å². The molecule has 3 aliphatic heterocycles. The number of nitrogens with one attached hydrogen (secondary N) is 3. The van der Waals surface area contributed by atoms with Crippen molar-refractivity contribution in [2.75, 3.05) is 19.6 Å². The molecule has 3 unspecified atom stereocenters. The Labute approximate surface area is 853 Å². The summed E-state index contributed by atoms with van der Waals surface area (Å²) in [6.07, 6.45) is -14.2. The molecule has 0 saturated carbocycles. The molecule has 0 spiro atoms. The lowest BCUT2D eigenvalue weighted by atomic mass is 9.84. The normalized spacial score (nSPS) is 14.9. The Bertz CT molecular complexity index is 4640. The first-order chi connectivity index (χ1) is 66.5. The molecule has 3 rings (SSSR count). The van der Waals surface area contributed by atoms with Gasteiger partial charge in [0.15, 0.2) is 10.7 Å². The van der Waals surface area contributed by atoms with Crippen LogP contribution in [0, 0.1) is 40.5 Å². The fourth-order valence-corrected chi connectivity index (χ4v) is 15.5. The number of aliphatic hydroxyl groups is 3. The van der Waals surface area contributed by atoms with E-state index in [2.05, 4.69) is 11.9 Å². The van der Waals surface area contributed by atoms with Gasteiger partial charge in [-0.2, -0.15) is 0 Å². The molecule has 0 aromatic heterocycles. The molecule has 66 heteroatoms. The quantitative estimate of drug-likeness (QED) is 0.00773. The Kier molecular flexibility index (Phi) is 58.8. The van der Waals surface area contributed by atoms with Gasteiger partial charge in [0, 0.05) is 187 Å². The van der Waals surface area contributed by atoms with E-state index in [0.717, 1.165) is 13.0 Å². The molecule has 0 aliphatic carbocycles. The van der Waals surface area contributed by atoms with Crippen molar-refractivity contribution < 1.29 is 232 Å². The molecule has 9 amide bonds. The number of amides is 9. The van der Waals surface area contributed by atoms with E-state index in [0.29, 0.717) is 6.92 Å². The van der Waals surface area contributed by atoms with Crippen LogP contribution < -0.4 is 16.0 Å². The topological polar surface area (TPSA) is 959 Å². The van der Waals surface area contributed by atoms with Crippen molar-refractivity contribution in [1.82, 2.24) is 31.1 Å². The van der Waals surface area contributed by atoms with Crippen LogP contribution in [0.2, 0.25) is 0 Å². The summed E-state index contributed by atoms with van der Waals surface area (Å²) in [7, 11) is -21.8. The smallest absolute Gasteiger partial charge is 0.369 e. The first-order valence-electron chi connectivity index (χ1n) is 44.6. The Morgan fingerprint density at radius 2 is 0.523 bits per heavy atom. The molecule has 17 N–H and O–H groups in total. The number of carbonyl (C=O) groups is 19. The van der Waals surface area contributed by atoms with Gasteiger partial charge in [-0.15, -0.1) is 15.2 Å². The van der Waals surface area contributed by atoms with Crippen LogP contribution in [0.15, 0.2) is 12.7 Å². The zero-order chi connectivity index (χ0) is 115. The third-order valence-electron chi connectivity index (χ3n) is 21.1. The predicted octanol–water partition coefficient (Wildman–Crippen LogP) is 4.16. The third kappa shape index (κ3) is 54.1. The summed E-state index contributed by atoms with van der Waals surface area (Å²) in [4.78, 5) is 355. The highest BCUT2D eigenvalue weighted by Crippen LogP contribution is 2.69. The Morgan fingerprint density at radius 3 is 0.711 bits per heavy atom. The average molecular weight is 2230 g/mol. The lowest BCUT2D eigenvalue weighted by Gasteiger charge is -2.29. The number of nitrogens with zero attached hydrogens (tertiary/aromatic N) is 7. The van der Waals surface area contributed by atoms with Gasteiger partial charge in [0.25, 0.3) is 40.5 Å². The van der Waals surface area contributed by atoms with Crippen LogP contribution in [0.3, 0.4) is 0 Å². The highest BCUT2D eigenvalue weighted by molar-refractivity contribution is 7.72. The van der Waals surface area contributed by atoms with Gasteiger partial charge in [0.05, 0.1) is 64.3 Å². The van der Waals surface area contributed by atoms with Crippen molar-refractivity contribution in [3.05, 3.63) is 53.1 Å². The van der Waals surface area contributed by atoms with Gasteiger partial charge in [0.2, 0.25) is 39.9 Å². The van der Waals surface area contributed by atoms with Gasteiger partial charge in [-0.3, -0.25) is 131 Å². The first kappa shape index (κ1) is 144. The lowest BCUT2D eigenvalue weighted by Crippen LogP contribution is -2.44. The van der Waals surface area contributed by atoms with Crippen molar-refractivity contribution in [2.24, 2.45) is 0 Å². The molecule has 3 saturated heterocycles. The molecule has 149 heavy (non-hydrogen) atoms. The van der Waals surface area contributed by atoms with Crippen molar-refractivity contribution in [1.29, 1.82) is 0 Å². The minimum Gasteiger partial charge on any atom is -0.481 e.